The third-order valence-corrected chi connectivity index (χ3v) is 3.10. The van der Waals surface area contributed by atoms with Crippen LogP contribution < -0.4 is 10.1 Å². The van der Waals surface area contributed by atoms with Crippen molar-refractivity contribution < 1.29 is 23.8 Å². The Bertz CT molecular complexity index is 717. The molecule has 1 aromatic heterocycles. The van der Waals surface area contributed by atoms with Gasteiger partial charge in [0.2, 0.25) is 5.91 Å². The molecule has 1 aromatic carbocycles. The minimum Gasteiger partial charge on any atom is -0.494 e. The number of methoxy groups -OCH3 is 1. The lowest BCUT2D eigenvalue weighted by atomic mass is 10.1. The molecule has 0 aliphatic carbocycles. The highest BCUT2D eigenvalue weighted by molar-refractivity contribution is 5.91. The van der Waals surface area contributed by atoms with Crippen LogP contribution in [0.15, 0.2) is 36.5 Å². The van der Waals surface area contributed by atoms with Crippen molar-refractivity contribution in [1.29, 1.82) is 0 Å². The summed E-state index contributed by atoms with van der Waals surface area (Å²) in [6.45, 7) is 0. The first-order valence-electron chi connectivity index (χ1n) is 6.81. The quantitative estimate of drug-likeness (QED) is 0.854. The maximum atomic E-state index is 12.8. The number of halogens is 1. The van der Waals surface area contributed by atoms with Gasteiger partial charge in [-0.25, -0.2) is 14.2 Å². The number of nitrogens with zero attached hydrogens (tertiary/aromatic N) is 1. The number of ether oxygens (including phenoxy) is 1. The molecule has 0 spiro atoms. The van der Waals surface area contributed by atoms with E-state index in [1.54, 1.807) is 6.07 Å². The Labute approximate surface area is 131 Å². The minimum atomic E-state index is -1.18. The molecule has 0 saturated carbocycles. The fraction of sp³-hybridized carbons (Fsp3) is 0.188. The summed E-state index contributed by atoms with van der Waals surface area (Å²) in [7, 11) is 1.36. The molecule has 0 radical (unpaired) electrons. The third-order valence-electron chi connectivity index (χ3n) is 3.10. The average Bonchev–Trinajstić information content (AvgIpc) is 2.54. The van der Waals surface area contributed by atoms with Gasteiger partial charge in [0.25, 0.3) is 0 Å². The normalized spacial score (nSPS) is 10.2. The lowest BCUT2D eigenvalue weighted by molar-refractivity contribution is -0.116. The number of pyridine rings is 1. The van der Waals surface area contributed by atoms with Crippen LogP contribution in [0.5, 0.6) is 5.75 Å². The molecule has 0 atom stereocenters. The van der Waals surface area contributed by atoms with E-state index in [4.69, 9.17) is 9.84 Å². The van der Waals surface area contributed by atoms with Gasteiger partial charge in [-0.15, -0.1) is 0 Å². The summed E-state index contributed by atoms with van der Waals surface area (Å²) >= 11 is 0. The van der Waals surface area contributed by atoms with Gasteiger partial charge in [0.05, 0.1) is 7.11 Å². The largest absolute Gasteiger partial charge is 0.494 e. The Morgan fingerprint density at radius 1 is 1.30 bits per heavy atom. The van der Waals surface area contributed by atoms with E-state index < -0.39 is 5.97 Å². The van der Waals surface area contributed by atoms with E-state index in [1.807, 2.05) is 0 Å². The number of carbonyl (C=O) groups is 2. The van der Waals surface area contributed by atoms with Crippen molar-refractivity contribution >= 4 is 17.6 Å². The van der Waals surface area contributed by atoms with Crippen LogP contribution in [-0.4, -0.2) is 29.1 Å². The zero-order valence-electron chi connectivity index (χ0n) is 12.4. The van der Waals surface area contributed by atoms with E-state index in [2.05, 4.69) is 10.3 Å². The van der Waals surface area contributed by atoms with Crippen molar-refractivity contribution in [1.82, 2.24) is 4.98 Å². The Hall–Kier alpha value is -2.96. The number of carboxylic acid groups (broad SMARTS) is 1. The number of aromatic nitrogens is 1. The molecule has 23 heavy (non-hydrogen) atoms. The van der Waals surface area contributed by atoms with E-state index in [0.29, 0.717) is 17.7 Å². The number of aryl methyl sites for hydroxylation is 1. The van der Waals surface area contributed by atoms with Gasteiger partial charge in [-0.3, -0.25) is 4.79 Å². The summed E-state index contributed by atoms with van der Waals surface area (Å²) in [4.78, 5) is 26.6. The van der Waals surface area contributed by atoms with Crippen molar-refractivity contribution in [3.05, 3.63) is 53.6 Å². The van der Waals surface area contributed by atoms with Crippen LogP contribution in [-0.2, 0) is 11.2 Å². The molecule has 1 heterocycles. The molecular formula is C16H15FN2O4. The number of carbonyl (C=O) groups excluding carboxylic acids is 1. The Kier molecular flexibility index (Phi) is 5.24. The maximum Gasteiger partial charge on any atom is 0.358 e. The van der Waals surface area contributed by atoms with Crippen molar-refractivity contribution in [2.45, 2.75) is 12.8 Å². The van der Waals surface area contributed by atoms with E-state index in [1.165, 1.54) is 37.6 Å². The highest BCUT2D eigenvalue weighted by Crippen LogP contribution is 2.18. The molecule has 0 bridgehead atoms. The number of nitrogens with one attached hydrogen (secondary N) is 1. The number of carboxylic acids is 1. The number of aromatic carboxylic acids is 1. The van der Waals surface area contributed by atoms with Gasteiger partial charge in [0, 0.05) is 18.3 Å². The number of benzene rings is 1. The van der Waals surface area contributed by atoms with Crippen molar-refractivity contribution in [3.63, 3.8) is 0 Å². The molecule has 0 saturated heterocycles. The van der Waals surface area contributed by atoms with Crippen LogP contribution in [0, 0.1) is 5.82 Å². The zero-order valence-corrected chi connectivity index (χ0v) is 12.4. The van der Waals surface area contributed by atoms with E-state index in [-0.39, 0.29) is 29.6 Å². The lowest BCUT2D eigenvalue weighted by Crippen LogP contribution is -2.12. The molecule has 1 amide bonds. The van der Waals surface area contributed by atoms with Crippen molar-refractivity contribution in [2.24, 2.45) is 0 Å². The van der Waals surface area contributed by atoms with Crippen LogP contribution in [0.25, 0.3) is 0 Å². The third kappa shape index (κ3) is 4.50. The molecule has 7 heteroatoms. The maximum absolute atomic E-state index is 12.8. The van der Waals surface area contributed by atoms with Crippen molar-refractivity contribution in [3.8, 4) is 5.75 Å². The molecule has 0 aliphatic rings. The molecular weight excluding hydrogens is 303 g/mol. The average molecular weight is 318 g/mol. The summed E-state index contributed by atoms with van der Waals surface area (Å²) in [5, 5.41) is 11.6. The van der Waals surface area contributed by atoms with Gasteiger partial charge in [0.1, 0.15) is 5.82 Å². The predicted molar refractivity (Wildman–Crippen MR) is 81.1 cm³/mol. The molecule has 6 nitrogen and oxygen atoms in total. The van der Waals surface area contributed by atoms with Crippen LogP contribution in [0.1, 0.15) is 22.5 Å². The van der Waals surface area contributed by atoms with Gasteiger partial charge in [0.15, 0.2) is 11.4 Å². The predicted octanol–water partition coefficient (Wildman–Crippen LogP) is 2.50. The van der Waals surface area contributed by atoms with E-state index in [9.17, 15) is 14.0 Å². The summed E-state index contributed by atoms with van der Waals surface area (Å²) in [6.07, 6.45) is 1.95. The summed E-state index contributed by atoms with van der Waals surface area (Å²) in [5.41, 5.74) is 1.02. The summed E-state index contributed by atoms with van der Waals surface area (Å²) in [5.74, 6) is -1.64. The number of amides is 1. The first-order valence-corrected chi connectivity index (χ1v) is 6.81. The molecule has 0 aliphatic heterocycles. The second-order valence-corrected chi connectivity index (χ2v) is 4.75. The molecule has 120 valence electrons. The Morgan fingerprint density at radius 3 is 2.61 bits per heavy atom. The lowest BCUT2D eigenvalue weighted by Gasteiger charge is -2.08. The van der Waals surface area contributed by atoms with Gasteiger partial charge < -0.3 is 15.2 Å². The van der Waals surface area contributed by atoms with Crippen LogP contribution in [0.2, 0.25) is 0 Å². The molecule has 2 N–H and O–H groups in total. The number of hydrogen-bond acceptors (Lipinski definition) is 4. The second-order valence-electron chi connectivity index (χ2n) is 4.75. The SMILES string of the molecule is COc1cc(CCC(=O)Nc2ccc(F)cc2)cnc1C(=O)O. The van der Waals surface area contributed by atoms with E-state index in [0.717, 1.165) is 0 Å². The standard InChI is InChI=1S/C16H15FN2O4/c1-23-13-8-10(9-18-15(13)16(21)22)2-7-14(20)19-12-5-3-11(17)4-6-12/h3-6,8-9H,2,7H2,1H3,(H,19,20)(H,21,22). The highest BCUT2D eigenvalue weighted by Gasteiger charge is 2.13. The first-order chi connectivity index (χ1) is 11.0. The first kappa shape index (κ1) is 16.4. The van der Waals surface area contributed by atoms with Crippen LogP contribution in [0.4, 0.5) is 10.1 Å². The minimum absolute atomic E-state index is 0.147. The Morgan fingerprint density at radius 2 is 2.00 bits per heavy atom. The highest BCUT2D eigenvalue weighted by atomic mass is 19.1. The van der Waals surface area contributed by atoms with E-state index >= 15 is 0 Å². The smallest absolute Gasteiger partial charge is 0.358 e. The number of hydrogen-bond donors (Lipinski definition) is 2. The molecule has 0 fully saturated rings. The zero-order chi connectivity index (χ0) is 16.8. The summed E-state index contributed by atoms with van der Waals surface area (Å²) < 4.78 is 17.8. The van der Waals surface area contributed by atoms with Gasteiger partial charge >= 0.3 is 5.97 Å². The number of rotatable bonds is 6. The Balaban J connectivity index is 1.96. The molecule has 2 rings (SSSR count). The van der Waals surface area contributed by atoms with Gasteiger partial charge in [-0.1, -0.05) is 0 Å². The van der Waals surface area contributed by atoms with Gasteiger partial charge in [-0.05, 0) is 42.3 Å². The fourth-order valence-electron chi connectivity index (χ4n) is 1.95. The van der Waals surface area contributed by atoms with Gasteiger partial charge in [-0.2, -0.15) is 0 Å². The molecule has 2 aromatic rings. The van der Waals surface area contributed by atoms with Crippen LogP contribution in [0.3, 0.4) is 0 Å². The van der Waals surface area contributed by atoms with Crippen molar-refractivity contribution in [2.75, 3.05) is 12.4 Å². The fourth-order valence-corrected chi connectivity index (χ4v) is 1.95. The monoisotopic (exact) mass is 318 g/mol. The number of anilines is 1. The molecule has 0 unspecified atom stereocenters. The second kappa shape index (κ2) is 7.35. The topological polar surface area (TPSA) is 88.5 Å². The summed E-state index contributed by atoms with van der Waals surface area (Å²) in [6, 6.07) is 7.00. The van der Waals surface area contributed by atoms with Crippen LogP contribution >= 0.6 is 0 Å².